The van der Waals surface area contributed by atoms with E-state index in [4.69, 9.17) is 4.74 Å². The normalized spacial score (nSPS) is 17.0. The van der Waals surface area contributed by atoms with Crippen LogP contribution in [-0.2, 0) is 21.3 Å². The monoisotopic (exact) mass is 485 g/mol. The Labute approximate surface area is 197 Å². The van der Waals surface area contributed by atoms with Crippen molar-refractivity contribution in [2.75, 3.05) is 13.2 Å². The third-order valence-corrected chi connectivity index (χ3v) is 8.08. The van der Waals surface area contributed by atoms with Gasteiger partial charge in [-0.15, -0.1) is 0 Å². The van der Waals surface area contributed by atoms with Crippen LogP contribution < -0.4 is 11.2 Å². The number of sulfonamides is 1. The summed E-state index contributed by atoms with van der Waals surface area (Å²) in [6, 6.07) is 12.5. The summed E-state index contributed by atoms with van der Waals surface area (Å²) in [4.78, 5) is 40.0. The summed E-state index contributed by atoms with van der Waals surface area (Å²) in [6.45, 7) is 2.40. The molecule has 1 fully saturated rings. The smallest absolute Gasteiger partial charge is 0.338 e. The third-order valence-electron chi connectivity index (χ3n) is 6.07. The number of nitrogens with zero attached hydrogens (tertiary/aromatic N) is 2. The van der Waals surface area contributed by atoms with Crippen molar-refractivity contribution < 1.29 is 17.9 Å². The lowest BCUT2D eigenvalue weighted by Gasteiger charge is -2.32. The molecular formula is C24H27N3O6S. The fraction of sp³-hybridized carbons (Fsp3) is 0.375. The second-order valence-electron chi connectivity index (χ2n) is 8.41. The first-order chi connectivity index (χ1) is 16.3. The minimum atomic E-state index is -3.71. The van der Waals surface area contributed by atoms with Crippen LogP contribution in [0.5, 0.6) is 0 Å². The molecule has 180 valence electrons. The van der Waals surface area contributed by atoms with E-state index in [1.807, 2.05) is 6.92 Å². The van der Waals surface area contributed by atoms with Gasteiger partial charge in [-0.2, -0.15) is 4.31 Å². The number of piperidine rings is 1. The van der Waals surface area contributed by atoms with Gasteiger partial charge in [0.25, 0.3) is 5.56 Å². The van der Waals surface area contributed by atoms with Crippen molar-refractivity contribution in [2.45, 2.75) is 50.1 Å². The molecular weight excluding hydrogens is 458 g/mol. The second-order valence-corrected chi connectivity index (χ2v) is 10.3. The van der Waals surface area contributed by atoms with Crippen molar-refractivity contribution in [2.24, 2.45) is 0 Å². The predicted molar refractivity (Wildman–Crippen MR) is 127 cm³/mol. The van der Waals surface area contributed by atoms with Gasteiger partial charge in [0, 0.05) is 19.1 Å². The Balaban J connectivity index is 1.40. The van der Waals surface area contributed by atoms with Crippen LogP contribution in [0.2, 0.25) is 0 Å². The first-order valence-electron chi connectivity index (χ1n) is 11.3. The maximum Gasteiger partial charge on any atom is 0.338 e. The first kappa shape index (κ1) is 23.9. The lowest BCUT2D eigenvalue weighted by Crippen LogP contribution is -2.41. The summed E-state index contributed by atoms with van der Waals surface area (Å²) in [6.07, 6.45) is 2.87. The van der Waals surface area contributed by atoms with E-state index in [2.05, 4.69) is 4.98 Å². The van der Waals surface area contributed by atoms with Crippen molar-refractivity contribution >= 4 is 26.9 Å². The fourth-order valence-electron chi connectivity index (χ4n) is 4.22. The molecule has 3 aromatic rings. The first-order valence-corrected chi connectivity index (χ1v) is 12.7. The van der Waals surface area contributed by atoms with Gasteiger partial charge in [0.1, 0.15) is 0 Å². The Morgan fingerprint density at radius 3 is 2.71 bits per heavy atom. The number of aromatic nitrogens is 2. The van der Waals surface area contributed by atoms with E-state index >= 15 is 0 Å². The molecule has 0 spiro atoms. The number of hydrogen-bond donors (Lipinski definition) is 1. The standard InChI is InChI=1S/C24H27N3O6S/c1-17-8-4-5-14-27(17)34(31,32)19-10-6-9-18(16-19)23(29)33-15-7-13-26-22(28)20-11-2-3-12-21(20)25-24(26)30/h2-3,6,9-12,16-17H,4-5,7-8,13-15H2,1H3,(H,25,30). The van der Waals surface area contributed by atoms with E-state index < -0.39 is 27.2 Å². The minimum absolute atomic E-state index is 0.0301. The Hall–Kier alpha value is -3.24. The predicted octanol–water partition coefficient (Wildman–Crippen LogP) is 2.50. The Morgan fingerprint density at radius 1 is 1.12 bits per heavy atom. The quantitative estimate of drug-likeness (QED) is 0.406. The summed E-state index contributed by atoms with van der Waals surface area (Å²) in [5, 5.41) is 0.403. The average molecular weight is 486 g/mol. The largest absolute Gasteiger partial charge is 0.462 e. The van der Waals surface area contributed by atoms with Gasteiger partial charge >= 0.3 is 11.7 Å². The fourth-order valence-corrected chi connectivity index (χ4v) is 5.97. The minimum Gasteiger partial charge on any atom is -0.462 e. The van der Waals surface area contributed by atoms with Crippen LogP contribution >= 0.6 is 0 Å². The van der Waals surface area contributed by atoms with E-state index in [1.165, 1.54) is 28.6 Å². The molecule has 2 heterocycles. The third kappa shape index (κ3) is 4.83. The Kier molecular flexibility index (Phi) is 6.99. The van der Waals surface area contributed by atoms with Crippen LogP contribution in [0, 0.1) is 0 Å². The molecule has 0 saturated carbocycles. The number of aromatic amines is 1. The van der Waals surface area contributed by atoms with Gasteiger partial charge in [0.05, 0.1) is 28.0 Å². The highest BCUT2D eigenvalue weighted by Crippen LogP contribution is 2.25. The van der Waals surface area contributed by atoms with E-state index in [1.54, 1.807) is 24.3 Å². The maximum atomic E-state index is 13.1. The van der Waals surface area contributed by atoms with Crippen molar-refractivity contribution in [1.82, 2.24) is 13.9 Å². The molecule has 0 aliphatic carbocycles. The van der Waals surface area contributed by atoms with Crippen molar-refractivity contribution in [3.63, 3.8) is 0 Å². The molecule has 0 radical (unpaired) electrons. The Bertz CT molecular complexity index is 1430. The zero-order valence-corrected chi connectivity index (χ0v) is 19.7. The van der Waals surface area contributed by atoms with Gasteiger partial charge in [0.2, 0.25) is 10.0 Å². The molecule has 0 amide bonds. The van der Waals surface area contributed by atoms with Gasteiger partial charge < -0.3 is 9.72 Å². The number of ether oxygens (including phenoxy) is 1. The van der Waals surface area contributed by atoms with E-state index in [-0.39, 0.29) is 36.1 Å². The van der Waals surface area contributed by atoms with Gasteiger partial charge in [-0.05, 0) is 56.5 Å². The molecule has 1 unspecified atom stereocenters. The lowest BCUT2D eigenvalue weighted by atomic mass is 10.1. The summed E-state index contributed by atoms with van der Waals surface area (Å²) in [5.41, 5.74) is -0.337. The molecule has 1 aromatic heterocycles. The molecule has 1 aliphatic heterocycles. The van der Waals surface area contributed by atoms with Crippen LogP contribution in [-0.4, -0.2) is 47.4 Å². The van der Waals surface area contributed by atoms with E-state index in [0.29, 0.717) is 17.4 Å². The molecule has 2 aromatic carbocycles. The zero-order valence-electron chi connectivity index (χ0n) is 18.9. The van der Waals surface area contributed by atoms with Crippen LogP contribution in [0.3, 0.4) is 0 Å². The van der Waals surface area contributed by atoms with Crippen molar-refractivity contribution in [3.8, 4) is 0 Å². The van der Waals surface area contributed by atoms with Gasteiger partial charge in [-0.1, -0.05) is 24.6 Å². The number of carbonyl (C=O) groups is 1. The highest BCUT2D eigenvalue weighted by Gasteiger charge is 2.31. The molecule has 9 nitrogen and oxygen atoms in total. The van der Waals surface area contributed by atoms with E-state index in [9.17, 15) is 22.8 Å². The molecule has 34 heavy (non-hydrogen) atoms. The lowest BCUT2D eigenvalue weighted by molar-refractivity contribution is 0.0495. The number of H-pyrrole nitrogens is 1. The van der Waals surface area contributed by atoms with Crippen LogP contribution in [0.1, 0.15) is 43.0 Å². The van der Waals surface area contributed by atoms with Crippen LogP contribution in [0.4, 0.5) is 0 Å². The van der Waals surface area contributed by atoms with Gasteiger partial charge in [-0.3, -0.25) is 9.36 Å². The van der Waals surface area contributed by atoms with E-state index in [0.717, 1.165) is 23.8 Å². The highest BCUT2D eigenvalue weighted by molar-refractivity contribution is 7.89. The zero-order chi connectivity index (χ0) is 24.3. The summed E-state index contributed by atoms with van der Waals surface area (Å²) >= 11 is 0. The molecule has 1 saturated heterocycles. The number of nitrogens with one attached hydrogen (secondary N) is 1. The van der Waals surface area contributed by atoms with Crippen molar-refractivity contribution in [3.05, 3.63) is 74.9 Å². The average Bonchev–Trinajstić information content (AvgIpc) is 2.83. The summed E-state index contributed by atoms with van der Waals surface area (Å²) in [7, 11) is -3.71. The number of benzene rings is 2. The number of hydrogen-bond acceptors (Lipinski definition) is 6. The summed E-state index contributed by atoms with van der Waals surface area (Å²) < 4.78 is 33.9. The molecule has 1 atom stereocenters. The number of fused-ring (bicyclic) bond motifs is 1. The second kappa shape index (κ2) is 9.94. The number of rotatable bonds is 7. The van der Waals surface area contributed by atoms with Crippen LogP contribution in [0.25, 0.3) is 10.9 Å². The number of carbonyl (C=O) groups excluding carboxylic acids is 1. The topological polar surface area (TPSA) is 119 Å². The molecule has 1 aliphatic rings. The number of para-hydroxylation sites is 1. The molecule has 4 rings (SSSR count). The van der Waals surface area contributed by atoms with Gasteiger partial charge in [-0.25, -0.2) is 18.0 Å². The van der Waals surface area contributed by atoms with Gasteiger partial charge in [0.15, 0.2) is 0 Å². The maximum absolute atomic E-state index is 13.1. The molecule has 0 bridgehead atoms. The Morgan fingerprint density at radius 2 is 1.91 bits per heavy atom. The van der Waals surface area contributed by atoms with Crippen molar-refractivity contribution in [1.29, 1.82) is 0 Å². The SMILES string of the molecule is CC1CCCCN1S(=O)(=O)c1cccc(C(=O)OCCCn2c(=O)[nH]c3ccccc3c2=O)c1. The molecule has 10 heteroatoms. The number of esters is 1. The molecule has 1 N–H and O–H groups in total. The van der Waals surface area contributed by atoms with Crippen LogP contribution in [0.15, 0.2) is 63.0 Å². The highest BCUT2D eigenvalue weighted by atomic mass is 32.2. The summed E-state index contributed by atoms with van der Waals surface area (Å²) in [5.74, 6) is -0.663.